The third-order valence-corrected chi connectivity index (χ3v) is 4.09. The van der Waals surface area contributed by atoms with E-state index in [4.69, 9.17) is 8.37 Å². The second-order valence-corrected chi connectivity index (χ2v) is 4.87. The van der Waals surface area contributed by atoms with E-state index in [1.807, 2.05) is 0 Å². The normalized spacial score (nSPS) is 43.5. The van der Waals surface area contributed by atoms with Crippen LogP contribution < -0.4 is 0 Å². The molecule has 72 valence electrons. The Kier molecular flexibility index (Phi) is 1.82. The minimum absolute atomic E-state index is 0.509. The minimum atomic E-state index is -1.50. The van der Waals surface area contributed by atoms with E-state index in [2.05, 4.69) is 0 Å². The van der Waals surface area contributed by atoms with Crippen LogP contribution in [0.15, 0.2) is 11.1 Å². The molecule has 13 heavy (non-hydrogen) atoms. The Morgan fingerprint density at radius 1 is 1.38 bits per heavy atom. The van der Waals surface area contributed by atoms with Gasteiger partial charge < -0.3 is 0 Å². The van der Waals surface area contributed by atoms with Crippen LogP contribution in [0.2, 0.25) is 0 Å². The van der Waals surface area contributed by atoms with E-state index in [0.29, 0.717) is 19.1 Å². The molecule has 0 radical (unpaired) electrons. The lowest BCUT2D eigenvalue weighted by Crippen LogP contribution is -2.17. The fourth-order valence-corrected chi connectivity index (χ4v) is 3.33. The van der Waals surface area contributed by atoms with Gasteiger partial charge in [0.05, 0.1) is 13.2 Å². The number of hydrogen-bond donors (Lipinski definition) is 0. The average molecular weight is 200 g/mol. The highest BCUT2D eigenvalue weighted by atomic mass is 32.2. The lowest BCUT2D eigenvalue weighted by atomic mass is 9.87. The van der Waals surface area contributed by atoms with Crippen molar-refractivity contribution in [2.24, 2.45) is 11.8 Å². The van der Waals surface area contributed by atoms with Gasteiger partial charge in [0.2, 0.25) is 0 Å². The minimum Gasteiger partial charge on any atom is -0.268 e. The number of allylic oxidation sites excluding steroid dienone is 1. The van der Waals surface area contributed by atoms with E-state index >= 15 is 0 Å². The third-order valence-electron chi connectivity index (χ3n) is 3.45. The first-order chi connectivity index (χ1) is 6.34. The van der Waals surface area contributed by atoms with Crippen LogP contribution >= 0.6 is 0 Å². The van der Waals surface area contributed by atoms with E-state index < -0.39 is 11.4 Å². The Bertz CT molecular complexity index is 297. The second-order valence-electron chi connectivity index (χ2n) is 3.99. The van der Waals surface area contributed by atoms with Crippen LogP contribution in [0, 0.1) is 11.8 Å². The van der Waals surface area contributed by atoms with E-state index in [9.17, 15) is 4.21 Å². The maximum absolute atomic E-state index is 11.0. The molecule has 0 aromatic rings. The molecule has 1 saturated heterocycles. The van der Waals surface area contributed by atoms with Gasteiger partial charge in [-0.1, -0.05) is 5.57 Å². The Morgan fingerprint density at radius 3 is 3.23 bits per heavy atom. The summed E-state index contributed by atoms with van der Waals surface area (Å²) in [5.41, 5.74) is 2.94. The smallest absolute Gasteiger partial charge is 0.268 e. The van der Waals surface area contributed by atoms with Crippen molar-refractivity contribution in [1.29, 1.82) is 0 Å². The monoisotopic (exact) mass is 200 g/mol. The van der Waals surface area contributed by atoms with Crippen LogP contribution in [-0.2, 0) is 19.7 Å². The van der Waals surface area contributed by atoms with Gasteiger partial charge in [0.1, 0.15) is 0 Å². The molecule has 4 heteroatoms. The summed E-state index contributed by atoms with van der Waals surface area (Å²) in [5.74, 6) is 1.26. The average Bonchev–Trinajstić information content (AvgIpc) is 2.66. The number of hydrogen-bond acceptors (Lipinski definition) is 3. The van der Waals surface area contributed by atoms with Crippen molar-refractivity contribution in [3.8, 4) is 0 Å². The van der Waals surface area contributed by atoms with Gasteiger partial charge in [-0.25, -0.2) is 0 Å². The summed E-state index contributed by atoms with van der Waals surface area (Å²) in [5, 5.41) is 0. The van der Waals surface area contributed by atoms with Crippen LogP contribution in [0.3, 0.4) is 0 Å². The van der Waals surface area contributed by atoms with Gasteiger partial charge in [-0.3, -0.25) is 8.37 Å². The molecular formula is C9H12O3S. The van der Waals surface area contributed by atoms with Gasteiger partial charge in [0.15, 0.2) is 0 Å². The molecule has 0 aromatic carbocycles. The zero-order valence-corrected chi connectivity index (χ0v) is 8.14. The maximum Gasteiger partial charge on any atom is 0.304 e. The molecule has 1 aliphatic heterocycles. The quantitative estimate of drug-likeness (QED) is 0.553. The van der Waals surface area contributed by atoms with Crippen molar-refractivity contribution in [3.05, 3.63) is 11.1 Å². The van der Waals surface area contributed by atoms with Crippen molar-refractivity contribution in [1.82, 2.24) is 0 Å². The summed E-state index contributed by atoms with van der Waals surface area (Å²) in [6, 6.07) is 0. The summed E-state index contributed by atoms with van der Waals surface area (Å²) >= 11 is -1.50. The fraction of sp³-hybridized carbons (Fsp3) is 0.778. The molecule has 0 amide bonds. The van der Waals surface area contributed by atoms with E-state index in [0.717, 1.165) is 5.92 Å². The molecule has 1 heterocycles. The van der Waals surface area contributed by atoms with Crippen LogP contribution in [0.1, 0.15) is 19.3 Å². The maximum atomic E-state index is 11.0. The van der Waals surface area contributed by atoms with Gasteiger partial charge in [-0.15, -0.1) is 0 Å². The molecule has 3 rings (SSSR count). The Balaban J connectivity index is 1.92. The van der Waals surface area contributed by atoms with Gasteiger partial charge in [0, 0.05) is 5.92 Å². The largest absolute Gasteiger partial charge is 0.304 e. The molecule has 1 saturated carbocycles. The molecule has 0 aromatic heterocycles. The highest BCUT2D eigenvalue weighted by molar-refractivity contribution is 7.75. The number of rotatable bonds is 0. The highest BCUT2D eigenvalue weighted by Gasteiger charge is 2.40. The van der Waals surface area contributed by atoms with E-state index in [-0.39, 0.29) is 0 Å². The summed E-state index contributed by atoms with van der Waals surface area (Å²) in [6.07, 6.45) is 3.76. The van der Waals surface area contributed by atoms with Crippen LogP contribution in [0.25, 0.3) is 0 Å². The van der Waals surface area contributed by atoms with Crippen LogP contribution in [0.5, 0.6) is 0 Å². The van der Waals surface area contributed by atoms with Gasteiger partial charge in [-0.05, 0) is 30.8 Å². The van der Waals surface area contributed by atoms with Crippen molar-refractivity contribution >= 4 is 11.4 Å². The lowest BCUT2D eigenvalue weighted by molar-refractivity contribution is 0.242. The third kappa shape index (κ3) is 1.20. The topological polar surface area (TPSA) is 35.5 Å². The fourth-order valence-electron chi connectivity index (χ4n) is 2.78. The van der Waals surface area contributed by atoms with Crippen molar-refractivity contribution < 1.29 is 12.6 Å². The molecule has 2 aliphatic carbocycles. The van der Waals surface area contributed by atoms with Gasteiger partial charge >= 0.3 is 11.4 Å². The summed E-state index contributed by atoms with van der Waals surface area (Å²) < 4.78 is 21.1. The molecule has 3 nitrogen and oxygen atoms in total. The first-order valence-corrected chi connectivity index (χ1v) is 5.73. The van der Waals surface area contributed by atoms with Gasteiger partial charge in [0.25, 0.3) is 0 Å². The molecule has 0 N–H and O–H groups in total. The Labute approximate surface area is 80.0 Å². The predicted octanol–water partition coefficient (Wildman–Crippen LogP) is 1.34. The van der Waals surface area contributed by atoms with E-state index in [1.54, 1.807) is 5.57 Å². The SMILES string of the molecule is O=S1OCC2=C3CCC(C3)C2CO1. The predicted molar refractivity (Wildman–Crippen MR) is 47.9 cm³/mol. The van der Waals surface area contributed by atoms with Crippen molar-refractivity contribution in [2.45, 2.75) is 19.3 Å². The summed E-state index contributed by atoms with van der Waals surface area (Å²) in [6.45, 7) is 1.12. The first-order valence-electron chi connectivity index (χ1n) is 4.73. The molecule has 2 fully saturated rings. The van der Waals surface area contributed by atoms with Crippen LogP contribution in [0.4, 0.5) is 0 Å². The molecule has 3 atom stereocenters. The second kappa shape index (κ2) is 2.90. The van der Waals surface area contributed by atoms with Crippen molar-refractivity contribution in [2.75, 3.05) is 13.2 Å². The summed E-state index contributed by atoms with van der Waals surface area (Å²) in [4.78, 5) is 0. The van der Waals surface area contributed by atoms with Gasteiger partial charge in [-0.2, -0.15) is 4.21 Å². The zero-order valence-electron chi connectivity index (χ0n) is 7.32. The number of fused-ring (bicyclic) bond motifs is 4. The Morgan fingerprint density at radius 2 is 2.31 bits per heavy atom. The van der Waals surface area contributed by atoms with Crippen molar-refractivity contribution in [3.63, 3.8) is 0 Å². The molecular weight excluding hydrogens is 188 g/mol. The first kappa shape index (κ1) is 8.15. The lowest BCUT2D eigenvalue weighted by Gasteiger charge is -2.19. The molecule has 3 aliphatic rings. The van der Waals surface area contributed by atoms with Crippen LogP contribution in [-0.4, -0.2) is 17.4 Å². The zero-order chi connectivity index (χ0) is 8.84. The molecule has 3 unspecified atom stereocenters. The van der Waals surface area contributed by atoms with E-state index in [1.165, 1.54) is 24.8 Å². The Hall–Kier alpha value is -0.190. The highest BCUT2D eigenvalue weighted by Crippen LogP contribution is 2.49. The summed E-state index contributed by atoms with van der Waals surface area (Å²) in [7, 11) is 0. The molecule has 0 spiro atoms. The standard InChI is InChI=1S/C9H12O3S/c10-13-11-4-8-6-1-2-7(3-6)9(8)5-12-13/h6,8H,1-5H2. The molecule has 2 bridgehead atoms.